The van der Waals surface area contributed by atoms with Gasteiger partial charge >= 0.3 is 6.18 Å². The summed E-state index contributed by atoms with van der Waals surface area (Å²) < 4.78 is 47.3. The predicted molar refractivity (Wildman–Crippen MR) is 130 cm³/mol. The second kappa shape index (κ2) is 8.40. The van der Waals surface area contributed by atoms with Crippen LogP contribution in [0.1, 0.15) is 55.9 Å². The number of rotatable bonds is 5. The first kappa shape index (κ1) is 23.2. The van der Waals surface area contributed by atoms with E-state index in [1.54, 1.807) is 18.2 Å². The molecule has 0 atom stereocenters. The highest BCUT2D eigenvalue weighted by atomic mass is 19.4. The van der Waals surface area contributed by atoms with Crippen molar-refractivity contribution in [1.82, 2.24) is 0 Å². The molecule has 4 heteroatoms. The normalized spacial score (nSPS) is 12.6. The van der Waals surface area contributed by atoms with Gasteiger partial charge in [-0.05, 0) is 69.3 Å². The van der Waals surface area contributed by atoms with Gasteiger partial charge in [0.2, 0.25) is 0 Å². The third kappa shape index (κ3) is 4.44. The van der Waals surface area contributed by atoms with Crippen molar-refractivity contribution in [2.24, 2.45) is 0 Å². The maximum atomic E-state index is 13.7. The molecule has 4 rings (SSSR count). The van der Waals surface area contributed by atoms with Crippen LogP contribution in [-0.4, -0.2) is 6.61 Å². The lowest BCUT2D eigenvalue weighted by Crippen LogP contribution is -2.26. The molecule has 172 valence electrons. The lowest BCUT2D eigenvalue weighted by atomic mass is 9.81. The third-order valence-corrected chi connectivity index (χ3v) is 6.35. The molecule has 1 nitrogen and oxygen atoms in total. The van der Waals surface area contributed by atoms with Gasteiger partial charge in [0.1, 0.15) is 5.75 Å². The first-order chi connectivity index (χ1) is 15.5. The van der Waals surface area contributed by atoms with Crippen LogP contribution in [0.2, 0.25) is 0 Å². The molecule has 4 aromatic rings. The Kier molecular flexibility index (Phi) is 5.90. The number of benzene rings is 4. The molecular formula is C29H29F3O. The van der Waals surface area contributed by atoms with Crippen molar-refractivity contribution in [2.45, 2.75) is 52.1 Å². The summed E-state index contributed by atoms with van der Waals surface area (Å²) in [5.74, 6) is 0.517. The summed E-state index contributed by atoms with van der Waals surface area (Å²) in [7, 11) is 0. The Labute approximate surface area is 193 Å². The Morgan fingerprint density at radius 3 is 2.03 bits per heavy atom. The highest BCUT2D eigenvalue weighted by Gasteiger charge is 2.33. The van der Waals surface area contributed by atoms with Gasteiger partial charge in [0.05, 0.1) is 12.2 Å². The highest BCUT2D eigenvalue weighted by Crippen LogP contribution is 2.40. The minimum absolute atomic E-state index is 0.0757. The Balaban J connectivity index is 1.73. The van der Waals surface area contributed by atoms with Crippen LogP contribution in [0, 0.1) is 6.92 Å². The van der Waals surface area contributed by atoms with E-state index in [2.05, 4.69) is 57.2 Å². The largest absolute Gasteiger partial charge is 0.493 e. The lowest BCUT2D eigenvalue weighted by Gasteiger charge is -2.28. The molecule has 0 aliphatic carbocycles. The van der Waals surface area contributed by atoms with Crippen LogP contribution < -0.4 is 4.74 Å². The Bertz CT molecular complexity index is 1310. The maximum Gasteiger partial charge on any atom is 0.417 e. The molecule has 0 aromatic heterocycles. The molecule has 0 heterocycles. The summed E-state index contributed by atoms with van der Waals surface area (Å²) in [6, 6.07) is 20.4. The van der Waals surface area contributed by atoms with E-state index in [0.717, 1.165) is 6.07 Å². The summed E-state index contributed by atoms with van der Waals surface area (Å²) in [6.45, 7) is 10.6. The number of fused-ring (bicyclic) bond motifs is 2. The fourth-order valence-electron chi connectivity index (χ4n) is 4.64. The van der Waals surface area contributed by atoms with Crippen LogP contribution >= 0.6 is 0 Å². The number of hydrogen-bond donors (Lipinski definition) is 0. The fraction of sp³-hybridized carbons (Fsp3) is 0.310. The summed E-state index contributed by atoms with van der Waals surface area (Å²) >= 11 is 0. The molecule has 0 bridgehead atoms. The summed E-state index contributed by atoms with van der Waals surface area (Å²) in [5.41, 5.74) is 2.16. The zero-order valence-electron chi connectivity index (χ0n) is 19.7. The summed E-state index contributed by atoms with van der Waals surface area (Å²) in [5, 5.41) is 3.22. The van der Waals surface area contributed by atoms with Crippen LogP contribution in [0.25, 0.3) is 21.5 Å². The van der Waals surface area contributed by atoms with Crippen LogP contribution in [0.5, 0.6) is 5.75 Å². The number of halogens is 3. The molecule has 33 heavy (non-hydrogen) atoms. The molecule has 0 amide bonds. The zero-order valence-corrected chi connectivity index (χ0v) is 19.7. The molecule has 0 aliphatic rings. The van der Waals surface area contributed by atoms with Crippen LogP contribution in [-0.2, 0) is 11.6 Å². The van der Waals surface area contributed by atoms with E-state index in [0.29, 0.717) is 23.3 Å². The number of ether oxygens (including phenoxy) is 1. The Morgan fingerprint density at radius 2 is 1.39 bits per heavy atom. The van der Waals surface area contributed by atoms with Crippen molar-refractivity contribution in [3.8, 4) is 5.75 Å². The fourth-order valence-corrected chi connectivity index (χ4v) is 4.64. The molecule has 0 aliphatic heterocycles. The molecule has 0 N–H and O–H groups in total. The lowest BCUT2D eigenvalue weighted by molar-refractivity contribution is -0.136. The van der Waals surface area contributed by atoms with Gasteiger partial charge < -0.3 is 4.74 Å². The van der Waals surface area contributed by atoms with E-state index >= 15 is 0 Å². The monoisotopic (exact) mass is 450 g/mol. The van der Waals surface area contributed by atoms with Crippen LogP contribution in [0.15, 0.2) is 66.7 Å². The first-order valence-electron chi connectivity index (χ1n) is 11.2. The standard InChI is InChI=1S/C29H29F3O/c1-18(2)23-16-22(15-21-12-8-14-25(27(21)23)29(30,31)32)33-17-28(4,5)24-13-7-11-20-10-6-9-19(3)26(20)24/h6-16,18H,17H2,1-5H3. The van der Waals surface area contributed by atoms with Crippen molar-refractivity contribution in [3.05, 3.63) is 89.0 Å². The van der Waals surface area contributed by atoms with Crippen molar-refractivity contribution in [1.29, 1.82) is 0 Å². The smallest absolute Gasteiger partial charge is 0.417 e. The topological polar surface area (TPSA) is 9.23 Å². The third-order valence-electron chi connectivity index (χ3n) is 6.35. The highest BCUT2D eigenvalue weighted by molar-refractivity contribution is 5.91. The van der Waals surface area contributed by atoms with Crippen LogP contribution in [0.4, 0.5) is 13.2 Å². The van der Waals surface area contributed by atoms with E-state index in [9.17, 15) is 13.2 Å². The number of aryl methyl sites for hydroxylation is 1. The molecule has 0 saturated heterocycles. The molecule has 0 spiro atoms. The van der Waals surface area contributed by atoms with Gasteiger partial charge in [0.15, 0.2) is 0 Å². The average molecular weight is 451 g/mol. The second-order valence-electron chi connectivity index (χ2n) is 9.72. The van der Waals surface area contributed by atoms with Gasteiger partial charge in [-0.2, -0.15) is 13.2 Å². The average Bonchev–Trinajstić information content (AvgIpc) is 2.76. The van der Waals surface area contributed by atoms with Crippen molar-refractivity contribution in [2.75, 3.05) is 6.61 Å². The maximum absolute atomic E-state index is 13.7. The SMILES string of the molecule is Cc1cccc2cccc(C(C)(C)COc3cc(C(C)C)c4c(C(F)(F)F)cccc4c3)c12. The minimum Gasteiger partial charge on any atom is -0.493 e. The summed E-state index contributed by atoms with van der Waals surface area (Å²) in [4.78, 5) is 0. The van der Waals surface area contributed by atoms with E-state index in [-0.39, 0.29) is 16.7 Å². The molecule has 0 fully saturated rings. The Morgan fingerprint density at radius 1 is 0.788 bits per heavy atom. The predicted octanol–water partition coefficient (Wildman–Crippen LogP) is 8.80. The van der Waals surface area contributed by atoms with Gasteiger partial charge in [-0.25, -0.2) is 0 Å². The van der Waals surface area contributed by atoms with E-state index in [1.807, 2.05) is 13.8 Å². The second-order valence-corrected chi connectivity index (χ2v) is 9.72. The van der Waals surface area contributed by atoms with Gasteiger partial charge in [-0.3, -0.25) is 0 Å². The van der Waals surface area contributed by atoms with Crippen molar-refractivity contribution in [3.63, 3.8) is 0 Å². The van der Waals surface area contributed by atoms with Gasteiger partial charge in [0.25, 0.3) is 0 Å². The van der Waals surface area contributed by atoms with Gasteiger partial charge in [-0.1, -0.05) is 76.2 Å². The van der Waals surface area contributed by atoms with Gasteiger partial charge in [0, 0.05) is 5.41 Å². The molecule has 0 radical (unpaired) electrons. The quantitative estimate of drug-likeness (QED) is 0.295. The molecule has 0 saturated carbocycles. The van der Waals surface area contributed by atoms with E-state index < -0.39 is 11.7 Å². The van der Waals surface area contributed by atoms with Gasteiger partial charge in [-0.15, -0.1) is 0 Å². The number of hydrogen-bond acceptors (Lipinski definition) is 1. The molecular weight excluding hydrogens is 421 g/mol. The molecule has 0 unspecified atom stereocenters. The Hall–Kier alpha value is -3.01. The van der Waals surface area contributed by atoms with E-state index in [1.165, 1.54) is 28.0 Å². The van der Waals surface area contributed by atoms with Crippen molar-refractivity contribution >= 4 is 21.5 Å². The summed E-state index contributed by atoms with van der Waals surface area (Å²) in [6.07, 6.45) is -4.40. The molecule has 4 aromatic carbocycles. The van der Waals surface area contributed by atoms with E-state index in [4.69, 9.17) is 4.74 Å². The zero-order chi connectivity index (χ0) is 24.0. The number of alkyl halides is 3. The van der Waals surface area contributed by atoms with Crippen molar-refractivity contribution < 1.29 is 17.9 Å². The van der Waals surface area contributed by atoms with Crippen LogP contribution in [0.3, 0.4) is 0 Å². The first-order valence-corrected chi connectivity index (χ1v) is 11.2. The minimum atomic E-state index is -4.40.